The van der Waals surface area contributed by atoms with Crippen LogP contribution in [0.5, 0.6) is 11.5 Å². The van der Waals surface area contributed by atoms with Crippen LogP contribution in [0.4, 0.5) is 0 Å². The molecule has 2 heterocycles. The fourth-order valence-corrected chi connectivity index (χ4v) is 5.16. The summed E-state index contributed by atoms with van der Waals surface area (Å²) in [6.07, 6.45) is 1.66. The molecule has 1 atom stereocenters. The molecule has 2 aromatic rings. The highest BCUT2D eigenvalue weighted by Crippen LogP contribution is 2.40. The number of nitrogens with zero attached hydrogens (tertiary/aromatic N) is 1. The van der Waals surface area contributed by atoms with Crippen LogP contribution in [0.3, 0.4) is 0 Å². The topological polar surface area (TPSA) is 55.8 Å². The van der Waals surface area contributed by atoms with Crippen LogP contribution in [-0.4, -0.2) is 32.5 Å². The molecule has 0 bridgehead atoms. The van der Waals surface area contributed by atoms with Crippen LogP contribution in [0.25, 0.3) is 0 Å². The third-order valence-electron chi connectivity index (χ3n) is 4.78. The highest BCUT2D eigenvalue weighted by atomic mass is 32.2. The third kappa shape index (κ3) is 3.00. The highest BCUT2D eigenvalue weighted by molar-refractivity contribution is 7.89. The van der Waals surface area contributed by atoms with Gasteiger partial charge in [-0.25, -0.2) is 8.42 Å². The van der Waals surface area contributed by atoms with Crippen molar-refractivity contribution in [2.45, 2.75) is 30.7 Å². The summed E-state index contributed by atoms with van der Waals surface area (Å²) < 4.78 is 39.0. The second-order valence-electron chi connectivity index (χ2n) is 6.49. The second kappa shape index (κ2) is 6.35. The Balaban J connectivity index is 1.67. The van der Waals surface area contributed by atoms with E-state index in [1.165, 1.54) is 0 Å². The minimum absolute atomic E-state index is 0.165. The van der Waals surface area contributed by atoms with Crippen molar-refractivity contribution in [1.82, 2.24) is 4.31 Å². The van der Waals surface area contributed by atoms with Crippen LogP contribution in [0.15, 0.2) is 47.4 Å². The van der Waals surface area contributed by atoms with Gasteiger partial charge in [-0.3, -0.25) is 0 Å². The Hall–Kier alpha value is -2.05. The SMILES string of the molecule is Cc1ccc(S(=O)(=O)N2CCC[C@H]2c2ccc3c(c2)OCCO3)cc1. The minimum Gasteiger partial charge on any atom is -0.486 e. The standard InChI is InChI=1S/C19H21NO4S/c1-14-4-7-16(8-5-14)25(21,22)20-10-2-3-17(20)15-6-9-18-19(13-15)24-12-11-23-18/h4-9,13,17H,2-3,10-12H2,1H3/t17-/m0/s1. The molecular weight excluding hydrogens is 338 g/mol. The van der Waals surface area contributed by atoms with Crippen molar-refractivity contribution in [3.05, 3.63) is 53.6 Å². The van der Waals surface area contributed by atoms with Gasteiger partial charge in [-0.1, -0.05) is 23.8 Å². The molecule has 5 nitrogen and oxygen atoms in total. The molecule has 0 aromatic heterocycles. The number of fused-ring (bicyclic) bond motifs is 1. The quantitative estimate of drug-likeness (QED) is 0.844. The number of benzene rings is 2. The average molecular weight is 359 g/mol. The fraction of sp³-hybridized carbons (Fsp3) is 0.368. The molecule has 6 heteroatoms. The van der Waals surface area contributed by atoms with E-state index in [0.717, 1.165) is 29.7 Å². The number of hydrogen-bond acceptors (Lipinski definition) is 4. The van der Waals surface area contributed by atoms with E-state index in [1.54, 1.807) is 16.4 Å². The molecular formula is C19H21NO4S. The summed E-state index contributed by atoms with van der Waals surface area (Å²) in [7, 11) is -3.51. The van der Waals surface area contributed by atoms with E-state index in [9.17, 15) is 8.42 Å². The zero-order valence-electron chi connectivity index (χ0n) is 14.1. The van der Waals surface area contributed by atoms with Crippen molar-refractivity contribution in [2.24, 2.45) is 0 Å². The lowest BCUT2D eigenvalue weighted by atomic mass is 10.0. The Morgan fingerprint density at radius 3 is 2.48 bits per heavy atom. The molecule has 2 aliphatic heterocycles. The minimum atomic E-state index is -3.51. The van der Waals surface area contributed by atoms with Gasteiger partial charge in [0.15, 0.2) is 11.5 Å². The Morgan fingerprint density at radius 1 is 1.00 bits per heavy atom. The first-order valence-corrected chi connectivity index (χ1v) is 9.98. The van der Waals surface area contributed by atoms with Gasteiger partial charge >= 0.3 is 0 Å². The van der Waals surface area contributed by atoms with Gasteiger partial charge in [-0.05, 0) is 49.6 Å². The molecule has 0 N–H and O–H groups in total. The maximum absolute atomic E-state index is 13.1. The first kappa shape index (κ1) is 16.4. The van der Waals surface area contributed by atoms with E-state index in [2.05, 4.69) is 0 Å². The molecule has 25 heavy (non-hydrogen) atoms. The first-order chi connectivity index (χ1) is 12.1. The molecule has 0 radical (unpaired) electrons. The largest absolute Gasteiger partial charge is 0.486 e. The number of sulfonamides is 1. The summed E-state index contributed by atoms with van der Waals surface area (Å²) in [6.45, 7) is 3.55. The zero-order valence-corrected chi connectivity index (χ0v) is 15.0. The maximum Gasteiger partial charge on any atom is 0.243 e. The van der Waals surface area contributed by atoms with Gasteiger partial charge in [-0.15, -0.1) is 0 Å². The lowest BCUT2D eigenvalue weighted by Gasteiger charge is -2.26. The molecule has 132 valence electrons. The van der Waals surface area contributed by atoms with Crippen molar-refractivity contribution < 1.29 is 17.9 Å². The van der Waals surface area contributed by atoms with Gasteiger partial charge in [0.05, 0.1) is 10.9 Å². The van der Waals surface area contributed by atoms with Gasteiger partial charge in [-0.2, -0.15) is 4.31 Å². The Morgan fingerprint density at radius 2 is 1.72 bits per heavy atom. The van der Waals surface area contributed by atoms with Crippen molar-refractivity contribution in [3.63, 3.8) is 0 Å². The summed E-state index contributed by atoms with van der Waals surface area (Å²) in [5.74, 6) is 1.42. The molecule has 0 saturated carbocycles. The Bertz CT molecular complexity index is 877. The predicted molar refractivity (Wildman–Crippen MR) is 94.5 cm³/mol. The van der Waals surface area contributed by atoms with Gasteiger partial charge in [0, 0.05) is 6.54 Å². The predicted octanol–water partition coefficient (Wildman–Crippen LogP) is 3.29. The Kier molecular flexibility index (Phi) is 4.17. The van der Waals surface area contributed by atoms with Crippen LogP contribution < -0.4 is 9.47 Å². The van der Waals surface area contributed by atoms with Crippen LogP contribution >= 0.6 is 0 Å². The summed E-state index contributed by atoms with van der Waals surface area (Å²) in [5, 5.41) is 0. The molecule has 0 spiro atoms. The van der Waals surface area contributed by atoms with E-state index in [0.29, 0.717) is 30.4 Å². The van der Waals surface area contributed by atoms with Crippen molar-refractivity contribution in [3.8, 4) is 11.5 Å². The molecule has 1 saturated heterocycles. The van der Waals surface area contributed by atoms with Gasteiger partial charge in [0.2, 0.25) is 10.0 Å². The zero-order chi connectivity index (χ0) is 17.4. The summed E-state index contributed by atoms with van der Waals surface area (Å²) in [5.41, 5.74) is 2.00. The van der Waals surface area contributed by atoms with E-state index in [-0.39, 0.29) is 6.04 Å². The van der Waals surface area contributed by atoms with Gasteiger partial charge < -0.3 is 9.47 Å². The van der Waals surface area contributed by atoms with Crippen molar-refractivity contribution in [1.29, 1.82) is 0 Å². The maximum atomic E-state index is 13.1. The summed E-state index contributed by atoms with van der Waals surface area (Å²) >= 11 is 0. The molecule has 0 amide bonds. The smallest absolute Gasteiger partial charge is 0.243 e. The first-order valence-electron chi connectivity index (χ1n) is 8.54. The molecule has 1 fully saturated rings. The molecule has 0 unspecified atom stereocenters. The number of ether oxygens (including phenoxy) is 2. The van der Waals surface area contributed by atoms with Crippen LogP contribution in [0.2, 0.25) is 0 Å². The van der Waals surface area contributed by atoms with Crippen LogP contribution in [0, 0.1) is 6.92 Å². The Labute approximate surface area is 148 Å². The average Bonchev–Trinajstić information content (AvgIpc) is 3.12. The summed E-state index contributed by atoms with van der Waals surface area (Å²) in [6, 6.07) is 12.6. The van der Waals surface area contributed by atoms with Crippen LogP contribution in [0.1, 0.15) is 30.0 Å². The highest BCUT2D eigenvalue weighted by Gasteiger charge is 2.36. The lowest BCUT2D eigenvalue weighted by Crippen LogP contribution is -2.30. The van der Waals surface area contributed by atoms with Crippen LogP contribution in [-0.2, 0) is 10.0 Å². The molecule has 2 aromatic carbocycles. The number of rotatable bonds is 3. The van der Waals surface area contributed by atoms with E-state index >= 15 is 0 Å². The van der Waals surface area contributed by atoms with E-state index in [1.807, 2.05) is 37.3 Å². The summed E-state index contributed by atoms with van der Waals surface area (Å²) in [4.78, 5) is 0.350. The molecule has 2 aliphatic rings. The normalized spacial score (nSPS) is 20.6. The lowest BCUT2D eigenvalue weighted by molar-refractivity contribution is 0.171. The molecule has 0 aliphatic carbocycles. The van der Waals surface area contributed by atoms with E-state index < -0.39 is 10.0 Å². The number of hydrogen-bond donors (Lipinski definition) is 0. The monoisotopic (exact) mass is 359 g/mol. The van der Waals surface area contributed by atoms with Crippen molar-refractivity contribution in [2.75, 3.05) is 19.8 Å². The fourth-order valence-electron chi connectivity index (χ4n) is 3.47. The number of aryl methyl sites for hydroxylation is 1. The molecule has 4 rings (SSSR count). The van der Waals surface area contributed by atoms with Gasteiger partial charge in [0.1, 0.15) is 13.2 Å². The third-order valence-corrected chi connectivity index (χ3v) is 6.70. The second-order valence-corrected chi connectivity index (χ2v) is 8.38. The van der Waals surface area contributed by atoms with Crippen molar-refractivity contribution >= 4 is 10.0 Å². The van der Waals surface area contributed by atoms with Gasteiger partial charge in [0.25, 0.3) is 0 Å². The van der Waals surface area contributed by atoms with E-state index in [4.69, 9.17) is 9.47 Å².